The lowest BCUT2D eigenvalue weighted by atomic mass is 9.98. The number of methoxy groups -OCH3 is 1. The molecular formula is C41H42N6O7S2. The molecule has 4 aromatic carbocycles. The second-order valence-electron chi connectivity index (χ2n) is 13.7. The van der Waals surface area contributed by atoms with Crippen LogP contribution in [0.5, 0.6) is 5.75 Å². The Bertz CT molecular complexity index is 2360. The van der Waals surface area contributed by atoms with Gasteiger partial charge in [-0.3, -0.25) is 19.9 Å². The molecule has 3 N–H and O–H groups in total. The number of amides is 3. The summed E-state index contributed by atoms with van der Waals surface area (Å²) in [6, 6.07) is 30.9. The molecule has 3 amide bonds. The first kappa shape index (κ1) is 38.5. The standard InChI is InChI=1S/C41H42N6O7S2/c1-26(48)42-39-46(2)44-41(55-39)56(51,52)45-38(49)30-19-18-29(36(23-30)53-3)22-31-25-47(37(27-12-6-4-7-13-27)28-14-8-5-9-15-28)35-21-20-32(24-34(31)35)43-40(50)54-33-16-10-11-17-33/h4-9,12-15,18-21,23-25,33,37,39H,10-11,16-17,22H2,1-3H3,(H,42,48)(H,43,50)(H,45,49). The first-order valence-corrected chi connectivity index (χ1v) is 20.6. The number of aromatic nitrogens is 1. The predicted molar refractivity (Wildman–Crippen MR) is 217 cm³/mol. The molecule has 0 saturated heterocycles. The smallest absolute Gasteiger partial charge is 0.411 e. The number of fused-ring (bicyclic) bond motifs is 1. The van der Waals surface area contributed by atoms with E-state index in [0.717, 1.165) is 70.6 Å². The third-order valence-corrected chi connectivity index (χ3v) is 12.6. The monoisotopic (exact) mass is 794 g/mol. The summed E-state index contributed by atoms with van der Waals surface area (Å²) in [6.07, 6.45) is 5.75. The van der Waals surface area contributed by atoms with E-state index in [4.69, 9.17) is 9.47 Å². The van der Waals surface area contributed by atoms with Crippen LogP contribution in [0, 0.1) is 0 Å². The summed E-state index contributed by atoms with van der Waals surface area (Å²) in [5.74, 6) is -0.840. The van der Waals surface area contributed by atoms with E-state index in [1.165, 1.54) is 32.2 Å². The van der Waals surface area contributed by atoms with E-state index < -0.39 is 27.5 Å². The van der Waals surface area contributed by atoms with Gasteiger partial charge in [0.1, 0.15) is 11.9 Å². The number of ether oxygens (including phenoxy) is 2. The van der Waals surface area contributed by atoms with Gasteiger partial charge >= 0.3 is 6.09 Å². The van der Waals surface area contributed by atoms with Crippen molar-refractivity contribution in [1.29, 1.82) is 0 Å². The molecule has 290 valence electrons. The lowest BCUT2D eigenvalue weighted by Gasteiger charge is -2.22. The van der Waals surface area contributed by atoms with Crippen LogP contribution in [-0.4, -0.2) is 66.0 Å². The van der Waals surface area contributed by atoms with E-state index in [1.807, 2.05) is 54.6 Å². The van der Waals surface area contributed by atoms with E-state index in [1.54, 1.807) is 12.1 Å². The average Bonchev–Trinajstić information content (AvgIpc) is 3.92. The zero-order valence-corrected chi connectivity index (χ0v) is 32.7. The number of hydrogen-bond donors (Lipinski definition) is 3. The molecule has 1 fully saturated rings. The molecule has 2 heterocycles. The Kier molecular flexibility index (Phi) is 11.3. The van der Waals surface area contributed by atoms with E-state index in [-0.39, 0.29) is 28.0 Å². The first-order chi connectivity index (χ1) is 27.0. The molecule has 0 radical (unpaired) electrons. The lowest BCUT2D eigenvalue weighted by Crippen LogP contribution is -2.38. The van der Waals surface area contributed by atoms with Gasteiger partial charge in [0.05, 0.1) is 13.2 Å². The topological polar surface area (TPSA) is 160 Å². The van der Waals surface area contributed by atoms with Crippen LogP contribution in [0.3, 0.4) is 0 Å². The third kappa shape index (κ3) is 8.53. The molecule has 1 aliphatic carbocycles. The molecule has 1 saturated carbocycles. The number of anilines is 1. The number of benzene rings is 4. The molecule has 1 unspecified atom stereocenters. The van der Waals surface area contributed by atoms with Gasteiger partial charge in [0, 0.05) is 48.7 Å². The second-order valence-corrected chi connectivity index (χ2v) is 16.6. The normalized spacial score (nSPS) is 15.8. The molecule has 56 heavy (non-hydrogen) atoms. The van der Waals surface area contributed by atoms with Crippen molar-refractivity contribution in [2.75, 3.05) is 19.5 Å². The van der Waals surface area contributed by atoms with Crippen molar-refractivity contribution < 1.29 is 32.3 Å². The molecule has 7 rings (SSSR count). The Balaban J connectivity index is 1.21. The van der Waals surface area contributed by atoms with Crippen molar-refractivity contribution in [3.05, 3.63) is 131 Å². The number of carbonyl (C=O) groups is 3. The summed E-state index contributed by atoms with van der Waals surface area (Å²) in [5.41, 5.74) is 4.72. The second kappa shape index (κ2) is 16.5. The maximum Gasteiger partial charge on any atom is 0.411 e. The number of rotatable bonds is 10. The first-order valence-electron chi connectivity index (χ1n) is 18.2. The highest BCUT2D eigenvalue weighted by atomic mass is 32.3. The van der Waals surface area contributed by atoms with E-state index in [9.17, 15) is 22.8 Å². The van der Waals surface area contributed by atoms with Gasteiger partial charge < -0.3 is 19.4 Å². The SMILES string of the molecule is COc1cc(C(=O)NS(=O)(=O)C2=NN(C)C(NC(C)=O)S2)ccc1Cc1cn(C(c2ccccc2)c2ccccc2)c2ccc(NC(=O)OC3CCCC3)cc12. The van der Waals surface area contributed by atoms with E-state index in [0.29, 0.717) is 17.9 Å². The van der Waals surface area contributed by atoms with E-state index >= 15 is 0 Å². The fourth-order valence-corrected chi connectivity index (χ4v) is 9.48. The van der Waals surface area contributed by atoms with Gasteiger partial charge in [0.15, 0.2) is 5.50 Å². The lowest BCUT2D eigenvalue weighted by molar-refractivity contribution is -0.119. The number of nitrogens with zero attached hydrogens (tertiary/aromatic N) is 3. The van der Waals surface area contributed by atoms with Crippen LogP contribution < -0.4 is 20.1 Å². The van der Waals surface area contributed by atoms with Crippen LogP contribution in [0.1, 0.15) is 71.3 Å². The Morgan fingerprint density at radius 2 is 1.59 bits per heavy atom. The van der Waals surface area contributed by atoms with Gasteiger partial charge in [0.25, 0.3) is 15.9 Å². The zero-order valence-electron chi connectivity index (χ0n) is 31.1. The van der Waals surface area contributed by atoms with Crippen LogP contribution in [0.15, 0.2) is 108 Å². The molecule has 1 aliphatic heterocycles. The molecule has 15 heteroatoms. The highest BCUT2D eigenvalue weighted by Crippen LogP contribution is 2.36. The minimum Gasteiger partial charge on any atom is -0.496 e. The van der Waals surface area contributed by atoms with E-state index in [2.05, 4.69) is 55.5 Å². The van der Waals surface area contributed by atoms with Gasteiger partial charge in [0.2, 0.25) is 10.3 Å². The summed E-state index contributed by atoms with van der Waals surface area (Å²) in [7, 11) is -1.34. The van der Waals surface area contributed by atoms with Crippen LogP contribution >= 0.6 is 11.8 Å². The van der Waals surface area contributed by atoms with Gasteiger partial charge in [-0.15, -0.1) is 0 Å². The minimum atomic E-state index is -4.34. The molecule has 1 atom stereocenters. The fraction of sp³-hybridized carbons (Fsp3) is 0.268. The Labute approximate surface area is 329 Å². The van der Waals surface area contributed by atoms with Crippen molar-refractivity contribution in [2.45, 2.75) is 56.7 Å². The van der Waals surface area contributed by atoms with Crippen molar-refractivity contribution in [2.24, 2.45) is 5.10 Å². The number of hydrogen-bond acceptors (Lipinski definition) is 10. The van der Waals surface area contributed by atoms with Crippen molar-refractivity contribution in [3.63, 3.8) is 0 Å². The summed E-state index contributed by atoms with van der Waals surface area (Å²) in [6.45, 7) is 1.31. The molecule has 13 nitrogen and oxygen atoms in total. The van der Waals surface area contributed by atoms with Crippen molar-refractivity contribution in [1.82, 2.24) is 19.6 Å². The Hall–Kier alpha value is -5.80. The van der Waals surface area contributed by atoms with Crippen molar-refractivity contribution in [3.8, 4) is 5.75 Å². The number of thioether (sulfide) groups is 1. The van der Waals surface area contributed by atoms with Gasteiger partial charge in [-0.25, -0.2) is 9.52 Å². The molecule has 5 aromatic rings. The quantitative estimate of drug-likeness (QED) is 0.138. The fourth-order valence-electron chi connectivity index (χ4n) is 7.10. The molecule has 1 aromatic heterocycles. The summed E-state index contributed by atoms with van der Waals surface area (Å²) in [4.78, 5) is 37.8. The van der Waals surface area contributed by atoms with Crippen LogP contribution in [0.4, 0.5) is 10.5 Å². The minimum absolute atomic E-state index is 0.0625. The summed E-state index contributed by atoms with van der Waals surface area (Å²) < 4.78 is 41.7. The predicted octanol–water partition coefficient (Wildman–Crippen LogP) is 6.80. The third-order valence-electron chi connectivity index (χ3n) is 9.75. The zero-order chi connectivity index (χ0) is 39.4. The largest absolute Gasteiger partial charge is 0.496 e. The number of sulfonamides is 1. The molecular weight excluding hydrogens is 753 g/mol. The molecule has 0 bridgehead atoms. The Morgan fingerprint density at radius 3 is 2.23 bits per heavy atom. The maximum absolute atomic E-state index is 13.3. The van der Waals surface area contributed by atoms with Crippen LogP contribution in [0.25, 0.3) is 10.9 Å². The van der Waals surface area contributed by atoms with Crippen LogP contribution in [-0.2, 0) is 26.0 Å². The number of carbonyl (C=O) groups excluding carboxylic acids is 3. The van der Waals surface area contributed by atoms with Gasteiger partial charge in [-0.2, -0.15) is 13.5 Å². The molecule has 0 spiro atoms. The Morgan fingerprint density at radius 1 is 0.911 bits per heavy atom. The number of nitrogens with one attached hydrogen (secondary N) is 3. The number of hydrazone groups is 1. The van der Waals surface area contributed by atoms with Gasteiger partial charge in [-0.1, -0.05) is 66.7 Å². The van der Waals surface area contributed by atoms with Gasteiger partial charge in [-0.05, 0) is 90.0 Å². The highest BCUT2D eigenvalue weighted by molar-refractivity contribution is 8.35. The molecule has 2 aliphatic rings. The maximum atomic E-state index is 13.3. The van der Waals surface area contributed by atoms with Crippen molar-refractivity contribution >= 4 is 60.7 Å². The average molecular weight is 795 g/mol. The summed E-state index contributed by atoms with van der Waals surface area (Å²) >= 11 is 0.800. The summed E-state index contributed by atoms with van der Waals surface area (Å²) in [5, 5.41) is 11.7. The van der Waals surface area contributed by atoms with Crippen LogP contribution in [0.2, 0.25) is 0 Å². The highest BCUT2D eigenvalue weighted by Gasteiger charge is 2.35.